The summed E-state index contributed by atoms with van der Waals surface area (Å²) in [4.78, 5) is 6.60. The van der Waals surface area contributed by atoms with Crippen molar-refractivity contribution >= 4 is 39.5 Å². The summed E-state index contributed by atoms with van der Waals surface area (Å²) in [5.74, 6) is 1.40. The third-order valence-corrected chi connectivity index (χ3v) is 5.24. The van der Waals surface area contributed by atoms with Crippen LogP contribution in [-0.2, 0) is 0 Å². The SMILES string of the molecule is COc1ccccc1Nc1nc(C2=Cc3ccc(N(C)C)cc3OC2O)cs1. The van der Waals surface area contributed by atoms with Gasteiger partial charge >= 0.3 is 0 Å². The highest BCUT2D eigenvalue weighted by Crippen LogP contribution is 2.37. The first-order valence-electron chi connectivity index (χ1n) is 8.79. The van der Waals surface area contributed by atoms with Gasteiger partial charge in [0, 0.05) is 42.4 Å². The second-order valence-corrected chi connectivity index (χ2v) is 7.41. The fourth-order valence-corrected chi connectivity index (χ4v) is 3.70. The number of aliphatic hydroxyl groups excluding tert-OH is 1. The quantitative estimate of drug-likeness (QED) is 0.675. The van der Waals surface area contributed by atoms with Crippen molar-refractivity contribution in [2.24, 2.45) is 0 Å². The van der Waals surface area contributed by atoms with Crippen LogP contribution in [-0.4, -0.2) is 37.6 Å². The molecule has 0 fully saturated rings. The minimum absolute atomic E-state index is 0.634. The summed E-state index contributed by atoms with van der Waals surface area (Å²) in [6, 6.07) is 13.6. The monoisotopic (exact) mass is 395 g/mol. The number of rotatable bonds is 5. The number of nitrogens with zero attached hydrogens (tertiary/aromatic N) is 2. The molecule has 6 nitrogen and oxygen atoms in total. The molecule has 7 heteroatoms. The number of methoxy groups -OCH3 is 1. The van der Waals surface area contributed by atoms with E-state index in [1.54, 1.807) is 7.11 Å². The average molecular weight is 395 g/mol. The van der Waals surface area contributed by atoms with Crippen LogP contribution in [0.2, 0.25) is 0 Å². The van der Waals surface area contributed by atoms with Gasteiger partial charge in [-0.2, -0.15) is 0 Å². The van der Waals surface area contributed by atoms with Crippen molar-refractivity contribution in [3.8, 4) is 11.5 Å². The van der Waals surface area contributed by atoms with Crippen molar-refractivity contribution in [2.45, 2.75) is 6.29 Å². The van der Waals surface area contributed by atoms with Gasteiger partial charge in [-0.1, -0.05) is 12.1 Å². The zero-order chi connectivity index (χ0) is 19.7. The molecule has 1 atom stereocenters. The molecule has 144 valence electrons. The Morgan fingerprint density at radius 1 is 1.21 bits per heavy atom. The minimum Gasteiger partial charge on any atom is -0.495 e. The van der Waals surface area contributed by atoms with Crippen LogP contribution >= 0.6 is 11.3 Å². The molecule has 1 unspecified atom stereocenters. The molecule has 4 rings (SSSR count). The van der Waals surface area contributed by atoms with Crippen molar-refractivity contribution in [1.82, 2.24) is 4.98 Å². The second-order valence-electron chi connectivity index (χ2n) is 6.55. The lowest BCUT2D eigenvalue weighted by Gasteiger charge is -2.24. The summed E-state index contributed by atoms with van der Waals surface area (Å²) in [5, 5.41) is 16.4. The number of hydrogen-bond donors (Lipinski definition) is 2. The highest BCUT2D eigenvalue weighted by atomic mass is 32.1. The van der Waals surface area contributed by atoms with E-state index in [4.69, 9.17) is 9.47 Å². The average Bonchev–Trinajstić information content (AvgIpc) is 3.15. The molecule has 3 aromatic rings. The van der Waals surface area contributed by atoms with Gasteiger partial charge in [-0.15, -0.1) is 11.3 Å². The largest absolute Gasteiger partial charge is 0.495 e. The summed E-state index contributed by atoms with van der Waals surface area (Å²) >= 11 is 1.45. The molecule has 2 N–H and O–H groups in total. The Hall–Kier alpha value is -3.03. The fraction of sp³-hybridized carbons (Fsp3) is 0.190. The number of nitrogens with one attached hydrogen (secondary N) is 1. The van der Waals surface area contributed by atoms with E-state index >= 15 is 0 Å². The van der Waals surface area contributed by atoms with Crippen LogP contribution in [0.4, 0.5) is 16.5 Å². The Morgan fingerprint density at radius 2 is 2.04 bits per heavy atom. The van der Waals surface area contributed by atoms with Gasteiger partial charge in [0.2, 0.25) is 6.29 Å². The van der Waals surface area contributed by atoms with Gasteiger partial charge in [0.25, 0.3) is 0 Å². The van der Waals surface area contributed by atoms with E-state index in [2.05, 4.69) is 10.3 Å². The molecule has 0 bridgehead atoms. The molecule has 2 aromatic carbocycles. The van der Waals surface area contributed by atoms with Crippen molar-refractivity contribution in [1.29, 1.82) is 0 Å². The van der Waals surface area contributed by atoms with Crippen molar-refractivity contribution in [3.63, 3.8) is 0 Å². The Morgan fingerprint density at radius 3 is 2.82 bits per heavy atom. The molecule has 0 spiro atoms. The molecule has 2 heterocycles. The van der Waals surface area contributed by atoms with Crippen molar-refractivity contribution < 1.29 is 14.6 Å². The molecule has 1 aromatic heterocycles. The summed E-state index contributed by atoms with van der Waals surface area (Å²) in [6.07, 6.45) is 0.858. The summed E-state index contributed by atoms with van der Waals surface area (Å²) in [6.45, 7) is 0. The van der Waals surface area contributed by atoms with E-state index in [1.807, 2.05) is 72.9 Å². The first kappa shape index (κ1) is 18.3. The Labute approximate surface area is 167 Å². The number of aliphatic hydroxyl groups is 1. The predicted molar refractivity (Wildman–Crippen MR) is 114 cm³/mol. The summed E-state index contributed by atoms with van der Waals surface area (Å²) in [7, 11) is 5.56. The van der Waals surface area contributed by atoms with Gasteiger partial charge in [0.15, 0.2) is 5.13 Å². The molecule has 0 saturated carbocycles. The van der Waals surface area contributed by atoms with Gasteiger partial charge in [0.05, 0.1) is 18.5 Å². The zero-order valence-electron chi connectivity index (χ0n) is 15.8. The van der Waals surface area contributed by atoms with E-state index in [-0.39, 0.29) is 0 Å². The zero-order valence-corrected chi connectivity index (χ0v) is 16.7. The van der Waals surface area contributed by atoms with Crippen LogP contribution in [0, 0.1) is 0 Å². The fourth-order valence-electron chi connectivity index (χ4n) is 2.97. The van der Waals surface area contributed by atoms with Crippen molar-refractivity contribution in [3.05, 3.63) is 59.1 Å². The third-order valence-electron chi connectivity index (χ3n) is 4.48. The maximum atomic E-state index is 10.5. The highest BCUT2D eigenvalue weighted by Gasteiger charge is 2.24. The Bertz CT molecular complexity index is 1030. The van der Waals surface area contributed by atoms with Crippen LogP contribution in [0.5, 0.6) is 11.5 Å². The molecule has 28 heavy (non-hydrogen) atoms. The van der Waals surface area contributed by atoms with Crippen LogP contribution in [0.3, 0.4) is 0 Å². The van der Waals surface area contributed by atoms with Gasteiger partial charge in [-0.25, -0.2) is 4.98 Å². The molecule has 0 aliphatic carbocycles. The van der Waals surface area contributed by atoms with E-state index < -0.39 is 6.29 Å². The van der Waals surface area contributed by atoms with Gasteiger partial charge in [0.1, 0.15) is 11.5 Å². The maximum Gasteiger partial charge on any atom is 0.226 e. The van der Waals surface area contributed by atoms with Gasteiger partial charge < -0.3 is 24.8 Å². The molecular formula is C21H21N3O3S. The second kappa shape index (κ2) is 7.53. The normalized spacial score (nSPS) is 15.3. The molecule has 1 aliphatic rings. The number of fused-ring (bicyclic) bond motifs is 1. The number of benzene rings is 2. The highest BCUT2D eigenvalue weighted by molar-refractivity contribution is 7.13. The van der Waals surface area contributed by atoms with Crippen LogP contribution < -0.4 is 19.7 Å². The third kappa shape index (κ3) is 3.54. The van der Waals surface area contributed by atoms with Crippen molar-refractivity contribution in [2.75, 3.05) is 31.4 Å². The Balaban J connectivity index is 1.61. The van der Waals surface area contributed by atoms with E-state index in [1.165, 1.54) is 11.3 Å². The molecule has 1 aliphatic heterocycles. The molecular weight excluding hydrogens is 374 g/mol. The standard InChI is InChI=1S/C21H21N3O3S/c1-24(2)14-9-8-13-10-15(20(25)27-19(13)11-14)17-12-28-21(23-17)22-16-6-4-5-7-18(16)26-3/h4-12,20,25H,1-3H3,(H,22,23). The van der Waals surface area contributed by atoms with Crippen LogP contribution in [0.25, 0.3) is 11.6 Å². The number of thiazole rings is 1. The minimum atomic E-state index is -1.06. The smallest absolute Gasteiger partial charge is 0.226 e. The lowest BCUT2D eigenvalue weighted by atomic mass is 10.0. The number of para-hydroxylation sites is 2. The lowest BCUT2D eigenvalue weighted by Crippen LogP contribution is -2.21. The Kier molecular flexibility index (Phi) is 4.93. The maximum absolute atomic E-state index is 10.5. The van der Waals surface area contributed by atoms with Gasteiger partial charge in [-0.3, -0.25) is 0 Å². The lowest BCUT2D eigenvalue weighted by molar-refractivity contribution is 0.0318. The predicted octanol–water partition coefficient (Wildman–Crippen LogP) is 4.21. The summed E-state index contributed by atoms with van der Waals surface area (Å²) < 4.78 is 11.1. The topological polar surface area (TPSA) is 66.9 Å². The first-order chi connectivity index (χ1) is 13.5. The van der Waals surface area contributed by atoms with E-state index in [0.717, 1.165) is 22.7 Å². The van der Waals surface area contributed by atoms with E-state index in [9.17, 15) is 5.11 Å². The number of ether oxygens (including phenoxy) is 2. The number of hydrogen-bond acceptors (Lipinski definition) is 7. The van der Waals surface area contributed by atoms with Crippen LogP contribution in [0.1, 0.15) is 11.3 Å². The number of aromatic nitrogens is 1. The molecule has 0 radical (unpaired) electrons. The molecule has 0 amide bonds. The number of anilines is 3. The van der Waals surface area contributed by atoms with E-state index in [0.29, 0.717) is 22.1 Å². The first-order valence-corrected chi connectivity index (χ1v) is 9.67. The molecule has 0 saturated heterocycles. The summed E-state index contributed by atoms with van der Waals surface area (Å²) in [5.41, 5.74) is 4.08. The van der Waals surface area contributed by atoms with Crippen LogP contribution in [0.15, 0.2) is 47.8 Å². The van der Waals surface area contributed by atoms with Gasteiger partial charge in [-0.05, 0) is 30.3 Å².